The van der Waals surface area contributed by atoms with E-state index in [2.05, 4.69) is 4.98 Å². The van der Waals surface area contributed by atoms with E-state index in [4.69, 9.17) is 11.6 Å². The number of thiophene rings is 1. The van der Waals surface area contributed by atoms with E-state index in [1.165, 1.54) is 6.07 Å². The summed E-state index contributed by atoms with van der Waals surface area (Å²) in [6, 6.07) is 1.29. The van der Waals surface area contributed by atoms with Crippen molar-refractivity contribution in [1.82, 2.24) is 9.71 Å². The molecule has 6 nitrogen and oxygen atoms in total. The molecule has 2 N–H and O–H groups in total. The van der Waals surface area contributed by atoms with Gasteiger partial charge < -0.3 is 0 Å². The Balaban J connectivity index is 2.19. The lowest BCUT2D eigenvalue weighted by Crippen LogP contribution is -2.34. The van der Waals surface area contributed by atoms with Crippen molar-refractivity contribution >= 4 is 44.8 Å². The molecule has 0 saturated heterocycles. The fraction of sp³-hybridized carbons (Fsp3) is 0.286. The second kappa shape index (κ2) is 7.41. The van der Waals surface area contributed by atoms with Crippen LogP contribution in [0.3, 0.4) is 0 Å². The lowest BCUT2D eigenvalue weighted by molar-refractivity contribution is -0.137. The van der Waals surface area contributed by atoms with Crippen molar-refractivity contribution in [3.8, 4) is 0 Å². The van der Waals surface area contributed by atoms with Crippen molar-refractivity contribution in [2.75, 3.05) is 5.32 Å². The van der Waals surface area contributed by atoms with Crippen molar-refractivity contribution in [3.05, 3.63) is 39.4 Å². The number of aryl methyl sites for hydroxylation is 2. The van der Waals surface area contributed by atoms with E-state index < -0.39 is 38.8 Å². The van der Waals surface area contributed by atoms with Gasteiger partial charge in [0, 0.05) is 4.88 Å². The second-order valence-electron chi connectivity index (χ2n) is 5.15. The minimum absolute atomic E-state index is 0.0722. The molecule has 0 aliphatic rings. The number of nitrogens with zero attached hydrogens (tertiary/aromatic N) is 1. The third-order valence-corrected chi connectivity index (χ3v) is 6.55. The molecule has 12 heteroatoms. The predicted molar refractivity (Wildman–Crippen MR) is 92.0 cm³/mol. The molecule has 142 valence electrons. The Morgan fingerprint density at radius 2 is 1.96 bits per heavy atom. The van der Waals surface area contributed by atoms with Crippen LogP contribution in [0.2, 0.25) is 5.15 Å². The van der Waals surface area contributed by atoms with Gasteiger partial charge in [-0.15, -0.1) is 11.3 Å². The molecule has 0 aromatic carbocycles. The molecule has 2 amide bonds. The Morgan fingerprint density at radius 3 is 2.50 bits per heavy atom. The molecular weight excluding hydrogens is 415 g/mol. The first kappa shape index (κ1) is 20.5. The minimum Gasteiger partial charge on any atom is -0.291 e. The van der Waals surface area contributed by atoms with Gasteiger partial charge in [0.25, 0.3) is 10.0 Å². The van der Waals surface area contributed by atoms with Gasteiger partial charge in [-0.2, -0.15) is 13.2 Å². The number of aromatic nitrogens is 1. The zero-order valence-electron chi connectivity index (χ0n) is 13.4. The van der Waals surface area contributed by atoms with Gasteiger partial charge in [-0.25, -0.2) is 22.9 Å². The first-order chi connectivity index (χ1) is 11.9. The summed E-state index contributed by atoms with van der Waals surface area (Å²) in [4.78, 5) is 16.2. The third kappa shape index (κ3) is 4.86. The maximum Gasteiger partial charge on any atom is 0.416 e. The molecule has 2 aromatic rings. The summed E-state index contributed by atoms with van der Waals surface area (Å²) in [5.74, 6) is -0.533. The Kier molecular flexibility index (Phi) is 5.83. The van der Waals surface area contributed by atoms with E-state index in [0.29, 0.717) is 18.6 Å². The summed E-state index contributed by atoms with van der Waals surface area (Å²) in [6.07, 6.45) is -4.07. The van der Waals surface area contributed by atoms with Crippen LogP contribution >= 0.6 is 22.9 Å². The second-order valence-corrected chi connectivity index (χ2v) is 8.58. The van der Waals surface area contributed by atoms with Crippen molar-refractivity contribution < 1.29 is 26.4 Å². The number of carbonyl (C=O) groups excluding carboxylic acids is 1. The van der Waals surface area contributed by atoms with Crippen LogP contribution in [-0.4, -0.2) is 19.4 Å². The van der Waals surface area contributed by atoms with Crippen molar-refractivity contribution in [2.24, 2.45) is 0 Å². The molecule has 0 spiro atoms. The summed E-state index contributed by atoms with van der Waals surface area (Å²) in [5.41, 5.74) is -0.360. The quantitative estimate of drug-likeness (QED) is 0.716. The highest BCUT2D eigenvalue weighted by molar-refractivity contribution is 7.92. The van der Waals surface area contributed by atoms with Gasteiger partial charge in [0.2, 0.25) is 0 Å². The standard InChI is InChI=1S/C14H13ClF3N3O3S2/c1-3-9-7(2)4-12(25-9)26(23,24)21-13(22)20-11-6-8(14(16,17)18)5-10(15)19-11/h4-6H,3H2,1-2H3,(H2,19,20,21,22). The summed E-state index contributed by atoms with van der Waals surface area (Å²) in [7, 11) is -4.17. The van der Waals surface area contributed by atoms with Crippen LogP contribution in [0.25, 0.3) is 0 Å². The molecule has 26 heavy (non-hydrogen) atoms. The predicted octanol–water partition coefficient (Wildman–Crippen LogP) is 4.20. The van der Waals surface area contributed by atoms with Gasteiger partial charge >= 0.3 is 12.2 Å². The maximum atomic E-state index is 12.7. The number of carbonyl (C=O) groups is 1. The van der Waals surface area contributed by atoms with E-state index >= 15 is 0 Å². The number of rotatable bonds is 4. The van der Waals surface area contributed by atoms with Crippen LogP contribution in [0.1, 0.15) is 22.9 Å². The molecule has 0 saturated carbocycles. The number of halogens is 4. The van der Waals surface area contributed by atoms with E-state index in [9.17, 15) is 26.4 Å². The lowest BCUT2D eigenvalue weighted by Gasteiger charge is -2.10. The molecule has 0 atom stereocenters. The smallest absolute Gasteiger partial charge is 0.291 e. The van der Waals surface area contributed by atoms with Crippen LogP contribution in [-0.2, 0) is 22.6 Å². The molecule has 2 aromatic heterocycles. The largest absolute Gasteiger partial charge is 0.416 e. The zero-order chi connectivity index (χ0) is 19.7. The Labute approximate surface area is 156 Å². The number of hydrogen-bond donors (Lipinski definition) is 2. The van der Waals surface area contributed by atoms with Crippen LogP contribution in [0.5, 0.6) is 0 Å². The van der Waals surface area contributed by atoms with E-state index in [-0.39, 0.29) is 4.21 Å². The number of sulfonamides is 1. The van der Waals surface area contributed by atoms with Crippen LogP contribution in [0.15, 0.2) is 22.4 Å². The molecule has 0 unspecified atom stereocenters. The summed E-state index contributed by atoms with van der Waals surface area (Å²) >= 11 is 6.51. The fourth-order valence-electron chi connectivity index (χ4n) is 2.01. The molecule has 0 radical (unpaired) electrons. The van der Waals surface area contributed by atoms with Gasteiger partial charge in [0.1, 0.15) is 15.2 Å². The maximum absolute atomic E-state index is 12.7. The molecule has 2 rings (SSSR count). The highest BCUT2D eigenvalue weighted by atomic mass is 35.5. The average Bonchev–Trinajstić information content (AvgIpc) is 2.87. The van der Waals surface area contributed by atoms with Gasteiger partial charge in [-0.1, -0.05) is 18.5 Å². The van der Waals surface area contributed by atoms with Gasteiger partial charge in [0.05, 0.1) is 5.56 Å². The number of alkyl halides is 3. The molecule has 0 aliphatic heterocycles. The number of urea groups is 1. The number of amides is 2. The SMILES string of the molecule is CCc1sc(S(=O)(=O)NC(=O)Nc2cc(C(F)(F)F)cc(Cl)n2)cc1C. The average molecular weight is 428 g/mol. The summed E-state index contributed by atoms with van der Waals surface area (Å²) in [5, 5.41) is 1.44. The molecule has 0 fully saturated rings. The lowest BCUT2D eigenvalue weighted by atomic mass is 10.2. The van der Waals surface area contributed by atoms with Gasteiger partial charge in [-0.05, 0) is 37.1 Å². The van der Waals surface area contributed by atoms with E-state index in [0.717, 1.165) is 21.8 Å². The number of nitrogens with one attached hydrogen (secondary N) is 2. The fourth-order valence-corrected chi connectivity index (χ4v) is 4.66. The monoisotopic (exact) mass is 427 g/mol. The number of pyridine rings is 1. The van der Waals surface area contributed by atoms with E-state index in [1.54, 1.807) is 11.6 Å². The zero-order valence-corrected chi connectivity index (χ0v) is 15.8. The van der Waals surface area contributed by atoms with Crippen molar-refractivity contribution in [1.29, 1.82) is 0 Å². The van der Waals surface area contributed by atoms with Crippen LogP contribution in [0, 0.1) is 6.92 Å². The first-order valence-electron chi connectivity index (χ1n) is 7.10. The Morgan fingerprint density at radius 1 is 1.31 bits per heavy atom. The third-order valence-electron chi connectivity index (χ3n) is 3.17. The Bertz CT molecular complexity index is 943. The van der Waals surface area contributed by atoms with Crippen molar-refractivity contribution in [2.45, 2.75) is 30.7 Å². The topological polar surface area (TPSA) is 88.2 Å². The van der Waals surface area contributed by atoms with E-state index in [1.807, 2.05) is 12.2 Å². The van der Waals surface area contributed by atoms with Crippen molar-refractivity contribution in [3.63, 3.8) is 0 Å². The van der Waals surface area contributed by atoms with Gasteiger partial charge in [0.15, 0.2) is 0 Å². The molecule has 0 bridgehead atoms. The van der Waals surface area contributed by atoms with Crippen LogP contribution < -0.4 is 10.0 Å². The summed E-state index contributed by atoms with van der Waals surface area (Å²) in [6.45, 7) is 3.60. The highest BCUT2D eigenvalue weighted by Crippen LogP contribution is 2.32. The van der Waals surface area contributed by atoms with Gasteiger partial charge in [-0.3, -0.25) is 5.32 Å². The van der Waals surface area contributed by atoms with Crippen LogP contribution in [0.4, 0.5) is 23.8 Å². The summed E-state index contributed by atoms with van der Waals surface area (Å²) < 4.78 is 64.3. The first-order valence-corrected chi connectivity index (χ1v) is 9.78. The molecule has 0 aliphatic carbocycles. The number of anilines is 1. The number of hydrogen-bond acceptors (Lipinski definition) is 5. The molecular formula is C14H13ClF3N3O3S2. The normalized spacial score (nSPS) is 12.1. The molecule has 2 heterocycles. The highest BCUT2D eigenvalue weighted by Gasteiger charge is 2.32. The Hall–Kier alpha value is -1.85. The minimum atomic E-state index is -4.70.